The molecule has 0 aliphatic heterocycles. The fourth-order valence-corrected chi connectivity index (χ4v) is 2.54. The zero-order valence-electron chi connectivity index (χ0n) is 13.7. The number of rotatable bonds is 6. The Morgan fingerprint density at radius 3 is 1.81 bits per heavy atom. The average molecular weight is 352 g/mol. The van der Waals surface area contributed by atoms with E-state index in [1.165, 1.54) is 24.3 Å². The highest BCUT2D eigenvalue weighted by molar-refractivity contribution is 5.88. The van der Waals surface area contributed by atoms with E-state index < -0.39 is 17.7 Å². The first-order chi connectivity index (χ1) is 12.5. The number of ether oxygens (including phenoxy) is 2. The molecule has 0 atom stereocenters. The number of carboxylic acid groups (broad SMARTS) is 2. The molecule has 6 heteroatoms. The Bertz CT molecular complexity index is 837. The Kier molecular flexibility index (Phi) is 4.75. The third-order valence-electron chi connectivity index (χ3n) is 3.74. The maximum Gasteiger partial charge on any atom is 0.335 e. The predicted molar refractivity (Wildman–Crippen MR) is 93.7 cm³/mol. The SMILES string of the molecule is O=C(O)c1cccc(OC2(Oc3cccc(C(=O)O)c3)C=CC=CC2)c1. The van der Waals surface area contributed by atoms with Crippen molar-refractivity contribution in [2.24, 2.45) is 0 Å². The molecular formula is C20H16O6. The van der Waals surface area contributed by atoms with Gasteiger partial charge in [-0.2, -0.15) is 0 Å². The van der Waals surface area contributed by atoms with Gasteiger partial charge in [0.2, 0.25) is 0 Å². The molecule has 1 aliphatic rings. The Morgan fingerprint density at radius 2 is 1.38 bits per heavy atom. The van der Waals surface area contributed by atoms with E-state index in [0.29, 0.717) is 17.9 Å². The van der Waals surface area contributed by atoms with Crippen LogP contribution in [0.4, 0.5) is 0 Å². The van der Waals surface area contributed by atoms with Gasteiger partial charge in [0, 0.05) is 6.42 Å². The second kappa shape index (κ2) is 7.14. The molecule has 0 aromatic heterocycles. The van der Waals surface area contributed by atoms with Gasteiger partial charge in [-0.15, -0.1) is 0 Å². The smallest absolute Gasteiger partial charge is 0.335 e. The largest absolute Gasteiger partial charge is 0.478 e. The second-order valence-corrected chi connectivity index (χ2v) is 5.67. The number of benzene rings is 2. The van der Waals surface area contributed by atoms with Crippen LogP contribution in [0.1, 0.15) is 27.1 Å². The fourth-order valence-electron chi connectivity index (χ4n) is 2.54. The summed E-state index contributed by atoms with van der Waals surface area (Å²) in [4.78, 5) is 22.3. The van der Waals surface area contributed by atoms with Crippen LogP contribution in [-0.4, -0.2) is 27.9 Å². The minimum Gasteiger partial charge on any atom is -0.478 e. The van der Waals surface area contributed by atoms with Crippen molar-refractivity contribution in [1.82, 2.24) is 0 Å². The minimum absolute atomic E-state index is 0.0980. The van der Waals surface area contributed by atoms with E-state index >= 15 is 0 Å². The first-order valence-electron chi connectivity index (χ1n) is 7.87. The van der Waals surface area contributed by atoms with E-state index in [-0.39, 0.29) is 11.1 Å². The lowest BCUT2D eigenvalue weighted by atomic mass is 10.1. The molecule has 6 nitrogen and oxygen atoms in total. The molecule has 0 heterocycles. The van der Waals surface area contributed by atoms with E-state index in [2.05, 4.69) is 0 Å². The summed E-state index contributed by atoms with van der Waals surface area (Å²) in [6.07, 6.45) is 7.52. The number of carboxylic acids is 2. The lowest BCUT2D eigenvalue weighted by Crippen LogP contribution is -2.40. The summed E-state index contributed by atoms with van der Waals surface area (Å²) in [5.41, 5.74) is 0.196. The summed E-state index contributed by atoms with van der Waals surface area (Å²) in [5, 5.41) is 18.3. The van der Waals surface area contributed by atoms with Crippen molar-refractivity contribution >= 4 is 11.9 Å². The van der Waals surface area contributed by atoms with Crippen LogP contribution in [0.3, 0.4) is 0 Å². The minimum atomic E-state index is -1.21. The van der Waals surface area contributed by atoms with Crippen LogP contribution in [0.2, 0.25) is 0 Å². The van der Waals surface area contributed by atoms with Gasteiger partial charge in [-0.1, -0.05) is 30.4 Å². The van der Waals surface area contributed by atoms with Crippen molar-refractivity contribution in [3.63, 3.8) is 0 Å². The standard InChI is InChI=1S/C20H16O6/c21-18(22)14-6-4-8-16(12-14)25-20(10-2-1-3-11-20)26-17-9-5-7-15(13-17)19(23)24/h1-10,12-13H,11H2,(H,21,22)(H,23,24). The highest BCUT2D eigenvalue weighted by Gasteiger charge is 2.32. The summed E-state index contributed by atoms with van der Waals surface area (Å²) >= 11 is 0. The third kappa shape index (κ3) is 3.92. The predicted octanol–water partition coefficient (Wildman–Crippen LogP) is 3.75. The van der Waals surface area contributed by atoms with E-state index in [4.69, 9.17) is 19.7 Å². The van der Waals surface area contributed by atoms with Crippen LogP contribution in [0.15, 0.2) is 72.8 Å². The molecule has 0 amide bonds. The molecule has 2 N–H and O–H groups in total. The number of hydrogen-bond acceptors (Lipinski definition) is 4. The van der Waals surface area contributed by atoms with Gasteiger partial charge in [-0.05, 0) is 42.5 Å². The van der Waals surface area contributed by atoms with Crippen molar-refractivity contribution in [2.75, 3.05) is 0 Å². The number of allylic oxidation sites excluding steroid dienone is 2. The Morgan fingerprint density at radius 1 is 0.846 bits per heavy atom. The van der Waals surface area contributed by atoms with Crippen LogP contribution < -0.4 is 9.47 Å². The quantitative estimate of drug-likeness (QED) is 0.769. The van der Waals surface area contributed by atoms with Crippen LogP contribution >= 0.6 is 0 Å². The zero-order valence-corrected chi connectivity index (χ0v) is 13.7. The highest BCUT2D eigenvalue weighted by Crippen LogP contribution is 2.30. The molecular weight excluding hydrogens is 336 g/mol. The molecule has 2 aromatic carbocycles. The topological polar surface area (TPSA) is 93.1 Å². The molecule has 3 rings (SSSR count). The van der Waals surface area contributed by atoms with Crippen molar-refractivity contribution in [2.45, 2.75) is 12.2 Å². The van der Waals surface area contributed by atoms with Crippen molar-refractivity contribution in [3.8, 4) is 11.5 Å². The Balaban J connectivity index is 1.90. The monoisotopic (exact) mass is 352 g/mol. The molecule has 0 fully saturated rings. The average Bonchev–Trinajstić information content (AvgIpc) is 2.62. The van der Waals surface area contributed by atoms with E-state index in [0.717, 1.165) is 0 Å². The second-order valence-electron chi connectivity index (χ2n) is 5.67. The lowest BCUT2D eigenvalue weighted by molar-refractivity contribution is -0.0688. The lowest BCUT2D eigenvalue weighted by Gasteiger charge is -2.32. The maximum atomic E-state index is 11.1. The van der Waals surface area contributed by atoms with Crippen LogP contribution in [0.25, 0.3) is 0 Å². The van der Waals surface area contributed by atoms with Crippen LogP contribution in [0.5, 0.6) is 11.5 Å². The van der Waals surface area contributed by atoms with Gasteiger partial charge >= 0.3 is 11.9 Å². The van der Waals surface area contributed by atoms with E-state index in [1.807, 2.05) is 12.2 Å². The van der Waals surface area contributed by atoms with Gasteiger partial charge in [0.25, 0.3) is 5.79 Å². The van der Waals surface area contributed by atoms with Gasteiger partial charge in [-0.3, -0.25) is 0 Å². The van der Waals surface area contributed by atoms with Crippen molar-refractivity contribution in [3.05, 3.63) is 84.0 Å². The highest BCUT2D eigenvalue weighted by atomic mass is 16.7. The first-order valence-corrected chi connectivity index (χ1v) is 7.87. The van der Waals surface area contributed by atoms with E-state index in [9.17, 15) is 9.59 Å². The summed E-state index contributed by atoms with van der Waals surface area (Å²) in [7, 11) is 0. The maximum absolute atomic E-state index is 11.1. The van der Waals surface area contributed by atoms with E-state index in [1.54, 1.807) is 36.4 Å². The zero-order chi connectivity index (χ0) is 18.6. The molecule has 0 radical (unpaired) electrons. The molecule has 0 saturated carbocycles. The van der Waals surface area contributed by atoms with Crippen molar-refractivity contribution in [1.29, 1.82) is 0 Å². The first kappa shape index (κ1) is 17.3. The molecule has 0 spiro atoms. The molecule has 132 valence electrons. The molecule has 0 saturated heterocycles. The van der Waals surface area contributed by atoms with Gasteiger partial charge in [0.1, 0.15) is 11.5 Å². The summed E-state index contributed by atoms with van der Waals surface area (Å²) in [5.74, 6) is -2.65. The summed E-state index contributed by atoms with van der Waals surface area (Å²) < 4.78 is 11.9. The van der Waals surface area contributed by atoms with Gasteiger partial charge < -0.3 is 19.7 Å². The Labute approximate surface area is 149 Å². The molecule has 26 heavy (non-hydrogen) atoms. The molecule has 0 unspecified atom stereocenters. The fraction of sp³-hybridized carbons (Fsp3) is 0.100. The third-order valence-corrected chi connectivity index (χ3v) is 3.74. The number of aromatic carboxylic acids is 2. The van der Waals surface area contributed by atoms with Gasteiger partial charge in [0.05, 0.1) is 11.1 Å². The molecule has 1 aliphatic carbocycles. The van der Waals surface area contributed by atoms with Gasteiger partial charge in [-0.25, -0.2) is 9.59 Å². The normalized spacial score (nSPS) is 14.6. The molecule has 2 aromatic rings. The van der Waals surface area contributed by atoms with Crippen LogP contribution in [-0.2, 0) is 0 Å². The summed E-state index contributed by atoms with van der Waals surface area (Å²) in [6, 6.07) is 12.2. The van der Waals surface area contributed by atoms with Gasteiger partial charge in [0.15, 0.2) is 0 Å². The summed E-state index contributed by atoms with van der Waals surface area (Å²) in [6.45, 7) is 0. The Hall–Kier alpha value is -3.54. The number of hydrogen-bond donors (Lipinski definition) is 2. The van der Waals surface area contributed by atoms with Crippen molar-refractivity contribution < 1.29 is 29.3 Å². The number of carbonyl (C=O) groups is 2. The van der Waals surface area contributed by atoms with Crippen LogP contribution in [0, 0.1) is 0 Å². The molecule has 0 bridgehead atoms.